The number of nitrogens with zero attached hydrogens (tertiary/aromatic N) is 3. The average Bonchev–Trinajstić information content (AvgIpc) is 3.12. The maximum absolute atomic E-state index is 11.7. The molecule has 264 valence electrons. The van der Waals surface area contributed by atoms with E-state index in [9.17, 15) is 19.8 Å². The number of amides is 1. The van der Waals surface area contributed by atoms with Gasteiger partial charge in [-0.15, -0.1) is 0 Å². The SMILES string of the molecule is COc1cc(-c2nccc(-c3cccc(-c4ccc(CNC5CCN(C(C)=O)CC5)c(OC)n4)c3Cl)c2Cl)ccc1CNC(CCO)C(=O)O. The third-order valence-corrected chi connectivity index (χ3v) is 9.71. The Hall–Kier alpha value is -4.26. The van der Waals surface area contributed by atoms with Crippen LogP contribution in [0.5, 0.6) is 11.6 Å². The van der Waals surface area contributed by atoms with Gasteiger partial charge in [0.1, 0.15) is 11.8 Å². The van der Waals surface area contributed by atoms with Crippen molar-refractivity contribution in [2.75, 3.05) is 33.9 Å². The first-order valence-corrected chi connectivity index (χ1v) is 17.1. The highest BCUT2D eigenvalue weighted by molar-refractivity contribution is 6.39. The van der Waals surface area contributed by atoms with E-state index in [2.05, 4.69) is 15.6 Å². The highest BCUT2D eigenvalue weighted by Gasteiger charge is 2.22. The lowest BCUT2D eigenvalue weighted by Gasteiger charge is -2.31. The molecule has 2 aromatic carbocycles. The van der Waals surface area contributed by atoms with E-state index in [1.165, 1.54) is 7.11 Å². The monoisotopic (exact) mass is 721 g/mol. The molecule has 2 aromatic heterocycles. The fourth-order valence-corrected chi connectivity index (χ4v) is 6.73. The van der Waals surface area contributed by atoms with Gasteiger partial charge in [0.15, 0.2) is 0 Å². The number of aliphatic hydroxyl groups excluding tert-OH is 1. The molecular formula is C37H41Cl2N5O6. The first-order valence-electron chi connectivity index (χ1n) is 16.4. The maximum Gasteiger partial charge on any atom is 0.320 e. The van der Waals surface area contributed by atoms with Crippen molar-refractivity contribution >= 4 is 35.1 Å². The van der Waals surface area contributed by atoms with Crippen LogP contribution >= 0.6 is 23.2 Å². The van der Waals surface area contributed by atoms with Crippen LogP contribution in [-0.2, 0) is 22.7 Å². The molecule has 1 amide bonds. The number of likely N-dealkylation sites (tertiary alicyclic amines) is 1. The number of hydrogen-bond acceptors (Lipinski definition) is 9. The van der Waals surface area contributed by atoms with Crippen molar-refractivity contribution in [3.63, 3.8) is 0 Å². The number of piperidine rings is 1. The van der Waals surface area contributed by atoms with Gasteiger partial charge < -0.3 is 35.2 Å². The summed E-state index contributed by atoms with van der Waals surface area (Å²) in [5.41, 5.74) is 5.64. The van der Waals surface area contributed by atoms with Gasteiger partial charge >= 0.3 is 5.97 Å². The molecule has 11 nitrogen and oxygen atoms in total. The van der Waals surface area contributed by atoms with Gasteiger partial charge in [-0.1, -0.05) is 59.6 Å². The summed E-state index contributed by atoms with van der Waals surface area (Å²) in [6.07, 6.45) is 3.54. The molecule has 1 atom stereocenters. The molecule has 0 radical (unpaired) electrons. The normalized spacial score (nSPS) is 14.0. The number of carbonyl (C=O) groups is 2. The largest absolute Gasteiger partial charge is 0.496 e. The molecule has 0 aliphatic carbocycles. The number of carboxylic acids is 1. The number of methoxy groups -OCH3 is 2. The Morgan fingerprint density at radius 3 is 2.36 bits per heavy atom. The van der Waals surface area contributed by atoms with E-state index >= 15 is 0 Å². The Bertz CT molecular complexity index is 1830. The Morgan fingerprint density at radius 2 is 1.68 bits per heavy atom. The van der Waals surface area contributed by atoms with Crippen LogP contribution in [0.4, 0.5) is 0 Å². The van der Waals surface area contributed by atoms with E-state index in [1.807, 2.05) is 53.4 Å². The molecular weight excluding hydrogens is 681 g/mol. The Balaban J connectivity index is 1.37. The molecule has 50 heavy (non-hydrogen) atoms. The minimum Gasteiger partial charge on any atom is -0.496 e. The molecule has 1 fully saturated rings. The standard InChI is InChI=1S/C37H41Cl2N5O6/c1-22(46)44-16-12-26(13-17-44)41-21-25-9-10-30(43-36(25)50-3)29-6-4-5-27(33(29)38)28-11-15-40-35(34(28)39)23-7-8-24(32(19-23)49-2)20-42-31(14-18-45)37(47)48/h4-11,15,19,26,31,41-42,45H,12-14,16-18,20-21H2,1-3H3,(H,47,48). The third-order valence-electron chi connectivity index (χ3n) is 8.92. The van der Waals surface area contributed by atoms with Gasteiger partial charge in [-0.25, -0.2) is 4.98 Å². The molecule has 0 spiro atoms. The van der Waals surface area contributed by atoms with Crippen molar-refractivity contribution in [1.82, 2.24) is 25.5 Å². The van der Waals surface area contributed by atoms with Crippen LogP contribution < -0.4 is 20.1 Å². The van der Waals surface area contributed by atoms with Crippen molar-refractivity contribution in [2.24, 2.45) is 0 Å². The number of nitrogens with one attached hydrogen (secondary N) is 2. The van der Waals surface area contributed by atoms with Crippen LogP contribution in [0.25, 0.3) is 33.6 Å². The van der Waals surface area contributed by atoms with Gasteiger partial charge in [-0.3, -0.25) is 14.6 Å². The number of hydrogen-bond donors (Lipinski definition) is 4. The number of pyridine rings is 2. The second-order valence-electron chi connectivity index (χ2n) is 12.0. The Kier molecular flexibility index (Phi) is 12.7. The average molecular weight is 723 g/mol. The molecule has 0 bridgehead atoms. The number of carboxylic acid groups (broad SMARTS) is 1. The van der Waals surface area contributed by atoms with Crippen LogP contribution in [0.3, 0.4) is 0 Å². The van der Waals surface area contributed by atoms with Crippen LogP contribution in [0.2, 0.25) is 10.0 Å². The molecule has 13 heteroatoms. The van der Waals surface area contributed by atoms with E-state index in [-0.39, 0.29) is 25.5 Å². The maximum atomic E-state index is 11.7. The Morgan fingerprint density at radius 1 is 0.960 bits per heavy atom. The first-order chi connectivity index (χ1) is 24.1. The summed E-state index contributed by atoms with van der Waals surface area (Å²) in [6, 6.07) is 16.3. The summed E-state index contributed by atoms with van der Waals surface area (Å²) >= 11 is 14.1. The van der Waals surface area contributed by atoms with Crippen molar-refractivity contribution in [1.29, 1.82) is 0 Å². The summed E-state index contributed by atoms with van der Waals surface area (Å²) in [5.74, 6) is 0.110. The summed E-state index contributed by atoms with van der Waals surface area (Å²) in [7, 11) is 3.13. The summed E-state index contributed by atoms with van der Waals surface area (Å²) < 4.78 is 11.3. The molecule has 1 saturated heterocycles. The topological polar surface area (TPSA) is 146 Å². The number of ether oxygens (including phenoxy) is 2. The predicted octanol–water partition coefficient (Wildman–Crippen LogP) is 5.83. The van der Waals surface area contributed by atoms with Gasteiger partial charge in [0.05, 0.1) is 35.7 Å². The minimum absolute atomic E-state index is 0.0858. The molecule has 1 aliphatic rings. The number of aliphatic hydroxyl groups is 1. The lowest BCUT2D eigenvalue weighted by Crippen LogP contribution is -2.44. The number of halogens is 2. The highest BCUT2D eigenvalue weighted by atomic mass is 35.5. The van der Waals surface area contributed by atoms with Gasteiger partial charge in [0.25, 0.3) is 0 Å². The van der Waals surface area contributed by atoms with Crippen molar-refractivity contribution in [3.05, 3.63) is 82.0 Å². The lowest BCUT2D eigenvalue weighted by atomic mass is 9.99. The zero-order valence-electron chi connectivity index (χ0n) is 28.2. The van der Waals surface area contributed by atoms with Crippen molar-refractivity contribution in [3.8, 4) is 45.3 Å². The van der Waals surface area contributed by atoms with E-state index < -0.39 is 12.0 Å². The first kappa shape index (κ1) is 37.0. The molecule has 4 N–H and O–H groups in total. The zero-order chi connectivity index (χ0) is 35.8. The van der Waals surface area contributed by atoms with E-state index in [0.717, 1.165) is 37.1 Å². The summed E-state index contributed by atoms with van der Waals surface area (Å²) in [4.78, 5) is 34.4. The van der Waals surface area contributed by atoms with E-state index in [1.54, 1.807) is 26.3 Å². The lowest BCUT2D eigenvalue weighted by molar-refractivity contribution is -0.140. The zero-order valence-corrected chi connectivity index (χ0v) is 29.7. The molecule has 4 aromatic rings. The number of aliphatic carboxylic acids is 1. The molecule has 1 unspecified atom stereocenters. The van der Waals surface area contributed by atoms with Gasteiger partial charge in [-0.05, 0) is 37.5 Å². The predicted molar refractivity (Wildman–Crippen MR) is 194 cm³/mol. The fraction of sp³-hybridized carbons (Fsp3) is 0.351. The fourth-order valence-electron chi connectivity index (χ4n) is 6.09. The number of carbonyl (C=O) groups excluding carboxylic acids is 1. The molecule has 0 saturated carbocycles. The number of benzene rings is 2. The number of rotatable bonds is 14. The van der Waals surface area contributed by atoms with Gasteiger partial charge in [0.2, 0.25) is 11.8 Å². The van der Waals surface area contributed by atoms with Crippen LogP contribution in [0.1, 0.15) is 37.3 Å². The van der Waals surface area contributed by atoms with E-state index in [0.29, 0.717) is 67.9 Å². The van der Waals surface area contributed by atoms with Gasteiger partial charge in [0, 0.05) is 85.3 Å². The highest BCUT2D eigenvalue weighted by Crippen LogP contribution is 2.42. The van der Waals surface area contributed by atoms with Crippen molar-refractivity contribution < 1.29 is 29.3 Å². The summed E-state index contributed by atoms with van der Waals surface area (Å²) in [6.45, 7) is 3.68. The molecule has 5 rings (SSSR count). The smallest absolute Gasteiger partial charge is 0.320 e. The minimum atomic E-state index is -1.04. The Labute approximate surface area is 301 Å². The number of aromatic nitrogens is 2. The second kappa shape index (κ2) is 17.1. The van der Waals surface area contributed by atoms with Gasteiger partial charge in [-0.2, -0.15) is 0 Å². The van der Waals surface area contributed by atoms with Crippen LogP contribution in [-0.4, -0.2) is 83.0 Å². The van der Waals surface area contributed by atoms with Crippen LogP contribution in [0, 0.1) is 0 Å². The summed E-state index contributed by atoms with van der Waals surface area (Å²) in [5, 5.41) is 26.0. The van der Waals surface area contributed by atoms with Crippen LogP contribution in [0.15, 0.2) is 60.8 Å². The van der Waals surface area contributed by atoms with E-state index in [4.69, 9.17) is 37.7 Å². The molecule has 1 aliphatic heterocycles. The second-order valence-corrected chi connectivity index (χ2v) is 12.8. The third kappa shape index (κ3) is 8.54. The molecule has 3 heterocycles. The van der Waals surface area contributed by atoms with Crippen molar-refractivity contribution in [2.45, 2.75) is 51.4 Å². The quantitative estimate of drug-likeness (QED) is 0.126.